The maximum Gasteiger partial charge on any atom is 0.312 e. The minimum Gasteiger partial charge on any atom is -0.502 e. The molecule has 0 aliphatic heterocycles. The van der Waals surface area contributed by atoms with Crippen molar-refractivity contribution in [1.82, 2.24) is 4.83 Å². The highest BCUT2D eigenvalue weighted by Crippen LogP contribution is 2.32. The number of phenolic OH excluding ortho intramolecular Hbond substituents is 1. The number of nitrogens with zero attached hydrogens (tertiary/aromatic N) is 2. The molecule has 0 amide bonds. The van der Waals surface area contributed by atoms with E-state index in [4.69, 9.17) is 11.6 Å². The number of phenols is 1. The third-order valence-electron chi connectivity index (χ3n) is 3.29. The molecule has 0 saturated carbocycles. The Bertz CT molecular complexity index is 973. The van der Waals surface area contributed by atoms with E-state index in [-0.39, 0.29) is 15.5 Å². The molecule has 2 N–H and O–H groups in total. The van der Waals surface area contributed by atoms with Crippen molar-refractivity contribution in [3.8, 4) is 5.75 Å². The Balaban J connectivity index is 2.32. The summed E-state index contributed by atoms with van der Waals surface area (Å²) in [6.45, 7) is 3.40. The Morgan fingerprint density at radius 1 is 1.28 bits per heavy atom. The molecule has 0 bridgehead atoms. The predicted molar refractivity (Wildman–Crippen MR) is 93.6 cm³/mol. The molecule has 10 heteroatoms. The van der Waals surface area contributed by atoms with Gasteiger partial charge in [0.05, 0.1) is 16.0 Å². The molecule has 2 aromatic carbocycles. The van der Waals surface area contributed by atoms with Gasteiger partial charge < -0.3 is 5.11 Å². The lowest BCUT2D eigenvalue weighted by Gasteiger charge is -2.08. The minimum absolute atomic E-state index is 0.00309. The summed E-state index contributed by atoms with van der Waals surface area (Å²) in [5, 5.41) is 24.2. The number of sulfonamides is 1. The van der Waals surface area contributed by atoms with Crippen molar-refractivity contribution < 1.29 is 18.4 Å². The van der Waals surface area contributed by atoms with Gasteiger partial charge in [0, 0.05) is 16.7 Å². The van der Waals surface area contributed by atoms with Crippen LogP contribution < -0.4 is 4.83 Å². The third kappa shape index (κ3) is 4.25. The van der Waals surface area contributed by atoms with Gasteiger partial charge in [0.25, 0.3) is 10.0 Å². The average molecular weight is 384 g/mol. The van der Waals surface area contributed by atoms with Crippen LogP contribution in [-0.4, -0.2) is 24.7 Å². The minimum atomic E-state index is -3.93. The Morgan fingerprint density at radius 3 is 2.60 bits per heavy atom. The number of hydrazone groups is 1. The molecular weight excluding hydrogens is 370 g/mol. The van der Waals surface area contributed by atoms with Crippen LogP contribution in [0.5, 0.6) is 5.75 Å². The number of halogens is 1. The molecule has 2 rings (SSSR count). The monoisotopic (exact) mass is 383 g/mol. The van der Waals surface area contributed by atoms with Gasteiger partial charge in [-0.25, -0.2) is 4.83 Å². The highest BCUT2D eigenvalue weighted by molar-refractivity contribution is 7.89. The fraction of sp³-hybridized carbons (Fsp3) is 0.133. The number of benzene rings is 2. The van der Waals surface area contributed by atoms with Crippen molar-refractivity contribution in [2.45, 2.75) is 18.7 Å². The molecule has 0 heterocycles. The third-order valence-corrected chi connectivity index (χ3v) is 4.87. The lowest BCUT2D eigenvalue weighted by Crippen LogP contribution is -2.19. The van der Waals surface area contributed by atoms with Gasteiger partial charge in [-0.15, -0.1) is 0 Å². The number of rotatable bonds is 5. The van der Waals surface area contributed by atoms with Crippen molar-refractivity contribution in [2.75, 3.05) is 0 Å². The van der Waals surface area contributed by atoms with E-state index in [1.165, 1.54) is 12.1 Å². The number of nitro groups is 1. The summed E-state index contributed by atoms with van der Waals surface area (Å²) in [7, 11) is -3.93. The maximum absolute atomic E-state index is 12.3. The summed E-state index contributed by atoms with van der Waals surface area (Å²) in [5.74, 6) is -0.663. The lowest BCUT2D eigenvalue weighted by molar-refractivity contribution is -0.385. The van der Waals surface area contributed by atoms with Crippen LogP contribution >= 0.6 is 11.6 Å². The van der Waals surface area contributed by atoms with Crippen LogP contribution in [-0.2, 0) is 10.0 Å². The van der Waals surface area contributed by atoms with Gasteiger partial charge in [-0.3, -0.25) is 10.1 Å². The topological polar surface area (TPSA) is 122 Å². The molecule has 0 aromatic heterocycles. The summed E-state index contributed by atoms with van der Waals surface area (Å²) in [6, 6.07) is 7.14. The molecule has 0 radical (unpaired) electrons. The van der Waals surface area contributed by atoms with E-state index in [0.29, 0.717) is 5.56 Å². The van der Waals surface area contributed by atoms with Crippen LogP contribution in [0.2, 0.25) is 5.02 Å². The first-order valence-corrected chi connectivity index (χ1v) is 8.77. The fourth-order valence-electron chi connectivity index (χ4n) is 2.05. The van der Waals surface area contributed by atoms with Gasteiger partial charge in [0.1, 0.15) is 0 Å². The first-order chi connectivity index (χ1) is 11.6. The molecule has 2 aromatic rings. The largest absolute Gasteiger partial charge is 0.502 e. The van der Waals surface area contributed by atoms with Crippen LogP contribution in [0.3, 0.4) is 0 Å². The molecular formula is C15H14ClN3O5S. The van der Waals surface area contributed by atoms with Crippen LogP contribution in [0.4, 0.5) is 5.69 Å². The number of hydrogen-bond acceptors (Lipinski definition) is 6. The molecule has 0 aliphatic rings. The summed E-state index contributed by atoms with van der Waals surface area (Å²) < 4.78 is 24.6. The average Bonchev–Trinajstić information content (AvgIpc) is 2.52. The molecule has 0 aliphatic carbocycles. The Labute approximate surface area is 149 Å². The van der Waals surface area contributed by atoms with Gasteiger partial charge in [0.15, 0.2) is 0 Å². The molecule has 0 spiro atoms. The van der Waals surface area contributed by atoms with Crippen molar-refractivity contribution in [2.24, 2.45) is 5.10 Å². The fourth-order valence-corrected chi connectivity index (χ4v) is 3.40. The maximum atomic E-state index is 12.3. The van der Waals surface area contributed by atoms with E-state index in [1.54, 1.807) is 26.0 Å². The zero-order chi connectivity index (χ0) is 18.8. The number of nitro benzene ring substituents is 1. The van der Waals surface area contributed by atoms with E-state index in [2.05, 4.69) is 5.10 Å². The second-order valence-corrected chi connectivity index (χ2v) is 7.31. The molecule has 0 fully saturated rings. The zero-order valence-corrected chi connectivity index (χ0v) is 14.8. The lowest BCUT2D eigenvalue weighted by atomic mass is 10.2. The van der Waals surface area contributed by atoms with Crippen molar-refractivity contribution in [1.29, 1.82) is 0 Å². The van der Waals surface area contributed by atoms with E-state index < -0.39 is 26.4 Å². The van der Waals surface area contributed by atoms with Gasteiger partial charge in [0.2, 0.25) is 5.75 Å². The summed E-state index contributed by atoms with van der Waals surface area (Å²) in [6.07, 6.45) is 0.941. The zero-order valence-electron chi connectivity index (χ0n) is 13.2. The van der Waals surface area contributed by atoms with E-state index >= 15 is 0 Å². The van der Waals surface area contributed by atoms with Crippen LogP contribution in [0, 0.1) is 24.0 Å². The van der Waals surface area contributed by atoms with Gasteiger partial charge in [-0.05, 0) is 37.1 Å². The first kappa shape index (κ1) is 18.7. The van der Waals surface area contributed by atoms with Crippen LogP contribution in [0.25, 0.3) is 0 Å². The highest BCUT2D eigenvalue weighted by atomic mass is 35.5. The summed E-state index contributed by atoms with van der Waals surface area (Å²) in [4.78, 5) is 12.1. The SMILES string of the molecule is Cc1ccc(C)c(S(=O)(=O)N/N=C/c2cc(Cl)cc([N+](=O)[O-])c2O)c1. The Hall–Kier alpha value is -2.65. The molecule has 0 unspecified atom stereocenters. The molecule has 132 valence electrons. The molecule has 8 nitrogen and oxygen atoms in total. The van der Waals surface area contributed by atoms with E-state index in [0.717, 1.165) is 17.8 Å². The van der Waals surface area contributed by atoms with Gasteiger partial charge in [-0.2, -0.15) is 13.5 Å². The van der Waals surface area contributed by atoms with Crippen molar-refractivity contribution in [3.63, 3.8) is 0 Å². The quantitative estimate of drug-likeness (QED) is 0.467. The Kier molecular flexibility index (Phi) is 5.29. The van der Waals surface area contributed by atoms with Crippen molar-refractivity contribution in [3.05, 3.63) is 62.2 Å². The van der Waals surface area contributed by atoms with Gasteiger partial charge in [-0.1, -0.05) is 23.7 Å². The molecule has 25 heavy (non-hydrogen) atoms. The van der Waals surface area contributed by atoms with Crippen LogP contribution in [0.15, 0.2) is 40.3 Å². The highest BCUT2D eigenvalue weighted by Gasteiger charge is 2.19. The van der Waals surface area contributed by atoms with E-state index in [9.17, 15) is 23.6 Å². The number of nitrogens with one attached hydrogen (secondary N) is 1. The number of hydrogen-bond donors (Lipinski definition) is 2. The standard InChI is InChI=1S/C15H14ClN3O5S/c1-9-3-4-10(2)14(5-9)25(23,24)18-17-8-11-6-12(16)7-13(15(11)20)19(21)22/h3-8,18,20H,1-2H3/b17-8+. The number of aryl methyl sites for hydroxylation is 2. The normalized spacial score (nSPS) is 11.6. The smallest absolute Gasteiger partial charge is 0.312 e. The summed E-state index contributed by atoms with van der Waals surface area (Å²) in [5.41, 5.74) is 0.599. The second-order valence-electron chi connectivity index (χ2n) is 5.24. The first-order valence-electron chi connectivity index (χ1n) is 6.91. The van der Waals surface area contributed by atoms with Crippen molar-refractivity contribution >= 4 is 33.5 Å². The van der Waals surface area contributed by atoms with Crippen LogP contribution in [0.1, 0.15) is 16.7 Å². The Morgan fingerprint density at radius 2 is 1.96 bits per heavy atom. The molecule has 0 saturated heterocycles. The summed E-state index contributed by atoms with van der Waals surface area (Å²) >= 11 is 5.75. The van der Waals surface area contributed by atoms with Gasteiger partial charge >= 0.3 is 5.69 Å². The number of aromatic hydroxyl groups is 1. The molecule has 0 atom stereocenters. The predicted octanol–water partition coefficient (Wildman–Crippen LogP) is 2.88. The second kappa shape index (κ2) is 7.08. The van der Waals surface area contributed by atoms with E-state index in [1.807, 2.05) is 4.83 Å².